The van der Waals surface area contributed by atoms with E-state index in [1.165, 1.54) is 6.92 Å². The van der Waals surface area contributed by atoms with Gasteiger partial charge < -0.3 is 34.5 Å². The Kier molecular flexibility index (Phi) is 6.27. The molecule has 0 aromatic carbocycles. The SMILES string of the molecule is C=C(C)C1(O)C(n2ccc(=O)[nH]c2=O)OC2(COP(=O)(O)OP(=O)(O)OP(=O)(O)O)CC21O. The van der Waals surface area contributed by atoms with Gasteiger partial charge in [-0.25, -0.2) is 18.5 Å². The predicted molar refractivity (Wildman–Crippen MR) is 103 cm³/mol. The van der Waals surface area contributed by atoms with Gasteiger partial charge in [0, 0.05) is 18.7 Å². The van der Waals surface area contributed by atoms with Gasteiger partial charge in [-0.05, 0) is 12.5 Å². The van der Waals surface area contributed by atoms with Crippen LogP contribution in [0.25, 0.3) is 0 Å². The number of aliphatic hydroxyl groups is 2. The quantitative estimate of drug-likeness (QED) is 0.141. The highest BCUT2D eigenvalue weighted by Gasteiger charge is 2.86. The average Bonchev–Trinajstić information content (AvgIpc) is 3.15. The van der Waals surface area contributed by atoms with Crippen molar-refractivity contribution in [2.45, 2.75) is 36.4 Å². The highest BCUT2D eigenvalue weighted by Crippen LogP contribution is 2.71. The molecule has 2 heterocycles. The fraction of sp³-hybridized carbons (Fsp3) is 0.538. The number of nitrogens with zero attached hydrogens (tertiary/aromatic N) is 1. The van der Waals surface area contributed by atoms with Crippen LogP contribution in [-0.4, -0.2) is 62.7 Å². The minimum Gasteiger partial charge on any atom is -0.383 e. The maximum Gasteiger partial charge on any atom is 0.490 e. The van der Waals surface area contributed by atoms with Crippen LogP contribution in [0.3, 0.4) is 0 Å². The molecule has 1 aromatic rings. The van der Waals surface area contributed by atoms with Crippen molar-refractivity contribution in [2.75, 3.05) is 6.61 Å². The van der Waals surface area contributed by atoms with Crippen LogP contribution < -0.4 is 11.2 Å². The number of ether oxygens (including phenoxy) is 1. The minimum absolute atomic E-state index is 0.0918. The Hall–Kier alpha value is -1.29. The number of phosphoric acid groups is 3. The Balaban J connectivity index is 1.86. The van der Waals surface area contributed by atoms with E-state index >= 15 is 0 Å². The fourth-order valence-corrected chi connectivity index (χ4v) is 6.69. The molecule has 186 valence electrons. The van der Waals surface area contributed by atoms with E-state index in [9.17, 15) is 43.3 Å². The number of hydrogen-bond acceptors (Lipinski definition) is 11. The third kappa shape index (κ3) is 4.66. The van der Waals surface area contributed by atoms with Gasteiger partial charge in [0.1, 0.15) is 11.2 Å². The number of nitrogens with one attached hydrogen (secondary N) is 1. The molecule has 1 saturated heterocycles. The largest absolute Gasteiger partial charge is 0.490 e. The Bertz CT molecular complexity index is 1250. The first-order valence-corrected chi connectivity index (χ1v) is 13.2. The molecular formula is C13H19N2O15P3. The molecule has 0 spiro atoms. The molecule has 1 aliphatic carbocycles. The van der Waals surface area contributed by atoms with Crippen LogP contribution in [0.4, 0.5) is 0 Å². The molecule has 2 fully saturated rings. The Morgan fingerprint density at radius 2 is 1.82 bits per heavy atom. The topological polar surface area (TPSA) is 264 Å². The summed E-state index contributed by atoms with van der Waals surface area (Å²) < 4.78 is 52.2. The van der Waals surface area contributed by atoms with Crippen LogP contribution in [-0.2, 0) is 31.6 Å². The Morgan fingerprint density at radius 1 is 1.21 bits per heavy atom. The second kappa shape index (κ2) is 7.86. The first-order chi connectivity index (χ1) is 14.8. The maximum absolute atomic E-state index is 12.2. The summed E-state index contributed by atoms with van der Waals surface area (Å²) in [5, 5.41) is 22.2. The summed E-state index contributed by atoms with van der Waals surface area (Å²) in [4.78, 5) is 61.4. The van der Waals surface area contributed by atoms with Gasteiger partial charge in [0.05, 0.1) is 6.61 Å². The third-order valence-electron chi connectivity index (χ3n) is 5.13. The van der Waals surface area contributed by atoms with Crippen LogP contribution in [0.2, 0.25) is 0 Å². The highest BCUT2D eigenvalue weighted by molar-refractivity contribution is 7.66. The van der Waals surface area contributed by atoms with Crippen molar-refractivity contribution in [1.29, 1.82) is 0 Å². The smallest absolute Gasteiger partial charge is 0.383 e. The summed E-state index contributed by atoms with van der Waals surface area (Å²) >= 11 is 0. The van der Waals surface area contributed by atoms with Crippen molar-refractivity contribution >= 4 is 23.5 Å². The molecule has 33 heavy (non-hydrogen) atoms. The third-order valence-corrected chi connectivity index (χ3v) is 8.91. The number of hydrogen-bond donors (Lipinski definition) is 7. The molecule has 1 saturated carbocycles. The Labute approximate surface area is 183 Å². The molecule has 7 N–H and O–H groups in total. The lowest BCUT2D eigenvalue weighted by Crippen LogP contribution is -2.52. The van der Waals surface area contributed by atoms with E-state index < -0.39 is 70.8 Å². The maximum atomic E-state index is 12.2. The molecule has 17 nitrogen and oxygen atoms in total. The lowest BCUT2D eigenvalue weighted by Gasteiger charge is -2.35. The molecule has 1 aromatic heterocycles. The number of rotatable bonds is 9. The van der Waals surface area contributed by atoms with Gasteiger partial charge in [0.15, 0.2) is 11.8 Å². The lowest BCUT2D eigenvalue weighted by molar-refractivity contribution is -0.133. The van der Waals surface area contributed by atoms with E-state index in [2.05, 4.69) is 19.7 Å². The highest BCUT2D eigenvalue weighted by atomic mass is 31.3. The second-order valence-corrected chi connectivity index (χ2v) is 11.9. The lowest BCUT2D eigenvalue weighted by atomic mass is 9.85. The summed E-state index contributed by atoms with van der Waals surface area (Å²) in [6.07, 6.45) is -1.15. The van der Waals surface area contributed by atoms with Gasteiger partial charge in [0.2, 0.25) is 0 Å². The zero-order valence-electron chi connectivity index (χ0n) is 16.5. The van der Waals surface area contributed by atoms with Crippen LogP contribution >= 0.6 is 23.5 Å². The van der Waals surface area contributed by atoms with E-state index in [0.717, 1.165) is 16.8 Å². The normalized spacial score (nSPS) is 34.8. The van der Waals surface area contributed by atoms with E-state index in [1.54, 1.807) is 0 Å². The number of aromatic nitrogens is 2. The minimum atomic E-state index is -5.78. The predicted octanol–water partition coefficient (Wildman–Crippen LogP) is -1.41. The standard InChI is InChI=1S/C13H19N2O15P3/c1-7(2)13(19)9(15-4-3-8(16)14-10(15)17)28-11(5-12(11,13)18)6-27-32(23,24)30-33(25,26)29-31(20,21)22/h3-4,9,18-19H,1,5-6H2,2H3,(H,23,24)(H,25,26)(H,14,16,17)(H2,20,21,22). The average molecular weight is 536 g/mol. The summed E-state index contributed by atoms with van der Waals surface area (Å²) in [6, 6.07) is 0.927. The Morgan fingerprint density at radius 3 is 2.33 bits per heavy atom. The van der Waals surface area contributed by atoms with E-state index in [4.69, 9.17) is 14.5 Å². The van der Waals surface area contributed by atoms with Gasteiger partial charge in [-0.3, -0.25) is 18.9 Å². The van der Waals surface area contributed by atoms with E-state index in [1.807, 2.05) is 4.98 Å². The molecule has 2 aliphatic rings. The monoisotopic (exact) mass is 536 g/mol. The number of aromatic amines is 1. The van der Waals surface area contributed by atoms with Gasteiger partial charge in [-0.15, -0.1) is 0 Å². The zero-order chi connectivity index (χ0) is 25.3. The number of fused-ring (bicyclic) bond motifs is 1. The molecule has 1 aliphatic heterocycles. The molecule has 0 radical (unpaired) electrons. The summed E-state index contributed by atoms with van der Waals surface area (Å²) in [7, 11) is -16.9. The number of phosphoric ester groups is 1. The van der Waals surface area contributed by atoms with Gasteiger partial charge in [-0.2, -0.15) is 8.62 Å². The zero-order valence-corrected chi connectivity index (χ0v) is 19.2. The van der Waals surface area contributed by atoms with Gasteiger partial charge >= 0.3 is 29.2 Å². The summed E-state index contributed by atoms with van der Waals surface area (Å²) in [5.41, 5.74) is -8.46. The summed E-state index contributed by atoms with van der Waals surface area (Å²) in [6.45, 7) is 3.79. The fourth-order valence-electron chi connectivity index (χ4n) is 3.62. The second-order valence-electron chi connectivity index (χ2n) is 7.43. The van der Waals surface area contributed by atoms with Crippen molar-refractivity contribution in [3.05, 3.63) is 45.3 Å². The molecule has 6 atom stereocenters. The van der Waals surface area contributed by atoms with Crippen molar-refractivity contribution in [3.63, 3.8) is 0 Å². The van der Waals surface area contributed by atoms with E-state index in [-0.39, 0.29) is 5.57 Å². The summed E-state index contributed by atoms with van der Waals surface area (Å²) in [5.74, 6) is 0. The number of H-pyrrole nitrogens is 1. The molecule has 6 unspecified atom stereocenters. The van der Waals surface area contributed by atoms with Crippen molar-refractivity contribution in [3.8, 4) is 0 Å². The van der Waals surface area contributed by atoms with Crippen molar-refractivity contribution in [1.82, 2.24) is 9.55 Å². The van der Waals surface area contributed by atoms with Crippen LogP contribution in [0.5, 0.6) is 0 Å². The van der Waals surface area contributed by atoms with Crippen molar-refractivity contribution < 1.29 is 61.4 Å². The van der Waals surface area contributed by atoms with Crippen LogP contribution in [0.1, 0.15) is 19.6 Å². The van der Waals surface area contributed by atoms with Crippen LogP contribution in [0.15, 0.2) is 34.0 Å². The molecule has 20 heteroatoms. The molecular weight excluding hydrogens is 517 g/mol. The van der Waals surface area contributed by atoms with Gasteiger partial charge in [-0.1, -0.05) is 6.58 Å². The molecule has 0 amide bonds. The first kappa shape index (κ1) is 26.3. The van der Waals surface area contributed by atoms with Crippen LogP contribution in [0, 0.1) is 0 Å². The van der Waals surface area contributed by atoms with Crippen molar-refractivity contribution in [2.24, 2.45) is 0 Å². The molecule has 3 rings (SSSR count). The molecule has 0 bridgehead atoms. The van der Waals surface area contributed by atoms with Gasteiger partial charge in [0.25, 0.3) is 5.56 Å². The van der Waals surface area contributed by atoms with E-state index in [0.29, 0.717) is 0 Å². The first-order valence-electron chi connectivity index (χ1n) is 8.66.